The summed E-state index contributed by atoms with van der Waals surface area (Å²) in [4.78, 5) is 15.9. The summed E-state index contributed by atoms with van der Waals surface area (Å²) in [6.07, 6.45) is 1.65. The van der Waals surface area contributed by atoms with Gasteiger partial charge in [-0.15, -0.1) is 24.8 Å². The van der Waals surface area contributed by atoms with Crippen molar-refractivity contribution in [2.24, 2.45) is 11.7 Å². The molecule has 0 aliphatic heterocycles. The minimum atomic E-state index is -0.202. The van der Waals surface area contributed by atoms with Crippen LogP contribution in [0.5, 0.6) is 17.4 Å². The zero-order valence-electron chi connectivity index (χ0n) is 14.1. The third-order valence-corrected chi connectivity index (χ3v) is 3.35. The number of methoxy groups -OCH3 is 1. The third-order valence-electron chi connectivity index (χ3n) is 3.35. The van der Waals surface area contributed by atoms with Gasteiger partial charge in [0.15, 0.2) is 0 Å². The SMILES string of the molecule is COc1ccc(Oc2cc(CNC(=O)C(C)CN)ccn2)cc1.Cl.Cl. The summed E-state index contributed by atoms with van der Waals surface area (Å²) >= 11 is 0. The number of ether oxygens (including phenoxy) is 2. The molecule has 0 bridgehead atoms. The largest absolute Gasteiger partial charge is 0.497 e. The highest BCUT2D eigenvalue weighted by atomic mass is 35.5. The molecule has 1 aromatic heterocycles. The summed E-state index contributed by atoms with van der Waals surface area (Å²) in [5, 5.41) is 2.84. The summed E-state index contributed by atoms with van der Waals surface area (Å²) in [5.74, 6) is 1.62. The van der Waals surface area contributed by atoms with E-state index >= 15 is 0 Å². The Morgan fingerprint density at radius 2 is 1.84 bits per heavy atom. The number of carbonyl (C=O) groups is 1. The lowest BCUT2D eigenvalue weighted by Gasteiger charge is -2.11. The maximum absolute atomic E-state index is 11.7. The van der Waals surface area contributed by atoms with Crippen LogP contribution in [0.25, 0.3) is 0 Å². The Labute approximate surface area is 159 Å². The van der Waals surface area contributed by atoms with E-state index in [4.69, 9.17) is 15.2 Å². The number of carbonyl (C=O) groups excluding carboxylic acids is 1. The highest BCUT2D eigenvalue weighted by molar-refractivity contribution is 5.85. The van der Waals surface area contributed by atoms with E-state index in [0.29, 0.717) is 24.7 Å². The molecular formula is C17H23Cl2N3O3. The number of nitrogens with zero attached hydrogens (tertiary/aromatic N) is 1. The van der Waals surface area contributed by atoms with E-state index in [1.54, 1.807) is 38.4 Å². The van der Waals surface area contributed by atoms with Gasteiger partial charge in [0.05, 0.1) is 7.11 Å². The van der Waals surface area contributed by atoms with Crippen LogP contribution in [0, 0.1) is 5.92 Å². The van der Waals surface area contributed by atoms with Gasteiger partial charge in [-0.1, -0.05) is 6.92 Å². The number of rotatable bonds is 7. The Morgan fingerprint density at radius 1 is 1.20 bits per heavy atom. The standard InChI is InChI=1S/C17H21N3O3.2ClH/c1-12(10-18)17(21)20-11-13-7-8-19-16(9-13)23-15-5-3-14(22-2)4-6-15;;/h3-9,12H,10-11,18H2,1-2H3,(H,20,21);2*1H. The number of aromatic nitrogens is 1. The number of hydrogen-bond acceptors (Lipinski definition) is 5. The average molecular weight is 388 g/mol. The molecule has 0 saturated carbocycles. The number of pyridine rings is 1. The first-order valence-corrected chi connectivity index (χ1v) is 7.37. The monoisotopic (exact) mass is 387 g/mol. The molecule has 6 nitrogen and oxygen atoms in total. The molecule has 0 saturated heterocycles. The van der Waals surface area contributed by atoms with E-state index in [9.17, 15) is 4.79 Å². The van der Waals surface area contributed by atoms with Crippen molar-refractivity contribution in [2.75, 3.05) is 13.7 Å². The number of hydrogen-bond donors (Lipinski definition) is 2. The molecule has 1 amide bonds. The first-order chi connectivity index (χ1) is 11.1. The van der Waals surface area contributed by atoms with Crippen LogP contribution >= 0.6 is 24.8 Å². The van der Waals surface area contributed by atoms with E-state index in [0.717, 1.165) is 11.3 Å². The predicted molar refractivity (Wildman–Crippen MR) is 102 cm³/mol. The second kappa shape index (κ2) is 11.5. The topological polar surface area (TPSA) is 86.5 Å². The Hall–Kier alpha value is -2.02. The Kier molecular flexibility index (Phi) is 10.6. The minimum Gasteiger partial charge on any atom is -0.497 e. The van der Waals surface area contributed by atoms with Gasteiger partial charge in [0.25, 0.3) is 0 Å². The second-order valence-corrected chi connectivity index (χ2v) is 5.13. The second-order valence-electron chi connectivity index (χ2n) is 5.13. The maximum Gasteiger partial charge on any atom is 0.224 e. The van der Waals surface area contributed by atoms with Crippen molar-refractivity contribution in [1.29, 1.82) is 0 Å². The van der Waals surface area contributed by atoms with Gasteiger partial charge < -0.3 is 20.5 Å². The lowest BCUT2D eigenvalue weighted by Crippen LogP contribution is -2.32. The summed E-state index contributed by atoms with van der Waals surface area (Å²) in [6, 6.07) is 10.9. The summed E-state index contributed by atoms with van der Waals surface area (Å²) in [6.45, 7) is 2.53. The minimum absolute atomic E-state index is 0. The van der Waals surface area contributed by atoms with Gasteiger partial charge in [0.2, 0.25) is 11.8 Å². The van der Waals surface area contributed by atoms with Gasteiger partial charge in [0, 0.05) is 31.3 Å². The first-order valence-electron chi connectivity index (χ1n) is 7.37. The summed E-state index contributed by atoms with van der Waals surface area (Å²) < 4.78 is 10.8. The van der Waals surface area contributed by atoms with Crippen molar-refractivity contribution in [3.8, 4) is 17.4 Å². The van der Waals surface area contributed by atoms with Gasteiger partial charge in [-0.05, 0) is 35.9 Å². The predicted octanol–water partition coefficient (Wildman–Crippen LogP) is 2.94. The van der Waals surface area contributed by atoms with E-state index in [1.807, 2.05) is 18.2 Å². The molecule has 1 aromatic carbocycles. The van der Waals surface area contributed by atoms with Crippen molar-refractivity contribution < 1.29 is 14.3 Å². The average Bonchev–Trinajstić information content (AvgIpc) is 2.60. The van der Waals surface area contributed by atoms with Crippen LogP contribution in [-0.4, -0.2) is 24.5 Å². The fourth-order valence-corrected chi connectivity index (χ4v) is 1.85. The van der Waals surface area contributed by atoms with Gasteiger partial charge in [-0.25, -0.2) is 4.98 Å². The first kappa shape index (κ1) is 23.0. The van der Waals surface area contributed by atoms with Crippen molar-refractivity contribution in [3.05, 3.63) is 48.2 Å². The van der Waals surface area contributed by atoms with E-state index in [2.05, 4.69) is 10.3 Å². The molecule has 0 spiro atoms. The van der Waals surface area contributed by atoms with Crippen LogP contribution in [0.4, 0.5) is 0 Å². The summed E-state index contributed by atoms with van der Waals surface area (Å²) in [7, 11) is 1.61. The molecule has 3 N–H and O–H groups in total. The zero-order chi connectivity index (χ0) is 16.7. The molecular weight excluding hydrogens is 365 g/mol. The maximum atomic E-state index is 11.7. The molecule has 2 rings (SSSR count). The van der Waals surface area contributed by atoms with Crippen molar-refractivity contribution in [3.63, 3.8) is 0 Å². The molecule has 25 heavy (non-hydrogen) atoms. The molecule has 138 valence electrons. The summed E-state index contributed by atoms with van der Waals surface area (Å²) in [5.41, 5.74) is 6.38. The van der Waals surface area contributed by atoms with Crippen LogP contribution in [0.15, 0.2) is 42.6 Å². The van der Waals surface area contributed by atoms with Crippen LogP contribution in [-0.2, 0) is 11.3 Å². The highest BCUT2D eigenvalue weighted by Crippen LogP contribution is 2.22. The smallest absolute Gasteiger partial charge is 0.224 e. The Bertz CT molecular complexity index is 654. The van der Waals surface area contributed by atoms with Gasteiger partial charge >= 0.3 is 0 Å². The van der Waals surface area contributed by atoms with Gasteiger partial charge in [-0.3, -0.25) is 4.79 Å². The molecule has 1 atom stereocenters. The van der Waals surface area contributed by atoms with E-state index < -0.39 is 0 Å². The molecule has 2 aromatic rings. The molecule has 8 heteroatoms. The molecule has 1 heterocycles. The quantitative estimate of drug-likeness (QED) is 0.762. The Balaban J connectivity index is 0.00000288. The normalized spacial score (nSPS) is 10.7. The van der Waals surface area contributed by atoms with E-state index in [-0.39, 0.29) is 36.6 Å². The fraction of sp³-hybridized carbons (Fsp3) is 0.294. The number of nitrogens with two attached hydrogens (primary N) is 1. The zero-order valence-corrected chi connectivity index (χ0v) is 15.7. The van der Waals surface area contributed by atoms with Crippen molar-refractivity contribution >= 4 is 30.7 Å². The fourth-order valence-electron chi connectivity index (χ4n) is 1.85. The molecule has 0 aliphatic rings. The Morgan fingerprint density at radius 3 is 2.44 bits per heavy atom. The van der Waals surface area contributed by atoms with Gasteiger partial charge in [-0.2, -0.15) is 0 Å². The van der Waals surface area contributed by atoms with Crippen molar-refractivity contribution in [1.82, 2.24) is 10.3 Å². The number of nitrogens with one attached hydrogen (secondary N) is 1. The van der Waals surface area contributed by atoms with Crippen LogP contribution in [0.1, 0.15) is 12.5 Å². The molecule has 0 radical (unpaired) electrons. The van der Waals surface area contributed by atoms with Gasteiger partial charge in [0.1, 0.15) is 11.5 Å². The van der Waals surface area contributed by atoms with E-state index in [1.165, 1.54) is 0 Å². The van der Waals surface area contributed by atoms with Crippen LogP contribution in [0.2, 0.25) is 0 Å². The third kappa shape index (κ3) is 7.17. The van der Waals surface area contributed by atoms with Crippen LogP contribution in [0.3, 0.4) is 0 Å². The number of amides is 1. The van der Waals surface area contributed by atoms with Crippen molar-refractivity contribution in [2.45, 2.75) is 13.5 Å². The van der Waals surface area contributed by atoms with Crippen LogP contribution < -0.4 is 20.5 Å². The number of benzene rings is 1. The lowest BCUT2D eigenvalue weighted by molar-refractivity contribution is -0.124. The molecule has 0 fully saturated rings. The molecule has 1 unspecified atom stereocenters. The lowest BCUT2D eigenvalue weighted by atomic mass is 10.1. The highest BCUT2D eigenvalue weighted by Gasteiger charge is 2.10. The number of halogens is 2. The molecule has 0 aliphatic carbocycles.